The molecule has 0 atom stereocenters. The topological polar surface area (TPSA) is 92.2 Å². The molecule has 0 aliphatic carbocycles. The van der Waals surface area contributed by atoms with Crippen LogP contribution in [0.1, 0.15) is 55.5 Å². The summed E-state index contributed by atoms with van der Waals surface area (Å²) in [4.78, 5) is 27.2. The summed E-state index contributed by atoms with van der Waals surface area (Å²) in [6, 6.07) is 6.62. The molecule has 1 amide bonds. The summed E-state index contributed by atoms with van der Waals surface area (Å²) in [5.41, 5.74) is 2.17. The second-order valence-corrected chi connectivity index (χ2v) is 7.17. The van der Waals surface area contributed by atoms with Gasteiger partial charge in [-0.2, -0.15) is 0 Å². The predicted molar refractivity (Wildman–Crippen MR) is 101 cm³/mol. The van der Waals surface area contributed by atoms with E-state index in [1.165, 1.54) is 6.07 Å². The summed E-state index contributed by atoms with van der Waals surface area (Å²) >= 11 is 0. The van der Waals surface area contributed by atoms with Crippen LogP contribution in [0.2, 0.25) is 0 Å². The standard InChI is InChI=1S/C19H23N5O2/c1-11(2)7-15-8-13(9-17(25)20-15)19(26)21-14-5-6-16-22-23-18(12(3)4)24(16)10-14/h5-6,8-12H,7H2,1-4H3,(H,20,25)(H,21,26). The van der Waals surface area contributed by atoms with E-state index < -0.39 is 0 Å². The average molecular weight is 353 g/mol. The quantitative estimate of drug-likeness (QED) is 0.737. The second-order valence-electron chi connectivity index (χ2n) is 7.17. The molecule has 0 bridgehead atoms. The first-order valence-corrected chi connectivity index (χ1v) is 8.72. The number of nitrogens with one attached hydrogen (secondary N) is 2. The van der Waals surface area contributed by atoms with Crippen molar-refractivity contribution in [3.63, 3.8) is 0 Å². The van der Waals surface area contributed by atoms with Gasteiger partial charge in [0.25, 0.3) is 5.91 Å². The van der Waals surface area contributed by atoms with E-state index in [0.29, 0.717) is 23.6 Å². The lowest BCUT2D eigenvalue weighted by atomic mass is 10.1. The Morgan fingerprint density at radius 2 is 1.96 bits per heavy atom. The largest absolute Gasteiger partial charge is 0.326 e. The Balaban J connectivity index is 1.88. The number of anilines is 1. The average Bonchev–Trinajstić information content (AvgIpc) is 2.97. The van der Waals surface area contributed by atoms with Crippen LogP contribution in [0.5, 0.6) is 0 Å². The van der Waals surface area contributed by atoms with Crippen LogP contribution in [0.4, 0.5) is 5.69 Å². The van der Waals surface area contributed by atoms with Gasteiger partial charge in [-0.3, -0.25) is 14.0 Å². The number of hydrogen-bond acceptors (Lipinski definition) is 4. The summed E-state index contributed by atoms with van der Waals surface area (Å²) in [5.74, 6) is 1.10. The Bertz CT molecular complexity index is 1000. The molecule has 0 aromatic carbocycles. The van der Waals surface area contributed by atoms with E-state index in [9.17, 15) is 9.59 Å². The molecule has 0 aliphatic heterocycles. The number of pyridine rings is 2. The Morgan fingerprint density at radius 3 is 2.65 bits per heavy atom. The molecule has 3 aromatic rings. The van der Waals surface area contributed by atoms with Gasteiger partial charge in [-0.15, -0.1) is 10.2 Å². The second kappa shape index (κ2) is 7.11. The van der Waals surface area contributed by atoms with Crippen LogP contribution in [0, 0.1) is 5.92 Å². The van der Waals surface area contributed by atoms with Gasteiger partial charge in [0, 0.05) is 29.4 Å². The monoisotopic (exact) mass is 353 g/mol. The highest BCUT2D eigenvalue weighted by Crippen LogP contribution is 2.17. The third-order valence-electron chi connectivity index (χ3n) is 3.99. The number of fused-ring (bicyclic) bond motifs is 1. The lowest BCUT2D eigenvalue weighted by Gasteiger charge is -2.09. The minimum absolute atomic E-state index is 0.210. The zero-order chi connectivity index (χ0) is 18.8. The van der Waals surface area contributed by atoms with Gasteiger partial charge in [-0.1, -0.05) is 27.7 Å². The highest BCUT2D eigenvalue weighted by Gasteiger charge is 2.13. The first-order valence-electron chi connectivity index (χ1n) is 8.72. The van der Waals surface area contributed by atoms with Crippen LogP contribution in [-0.4, -0.2) is 25.5 Å². The fourth-order valence-corrected chi connectivity index (χ4v) is 2.86. The molecule has 7 nitrogen and oxygen atoms in total. The van der Waals surface area contributed by atoms with Crippen molar-refractivity contribution in [2.45, 2.75) is 40.0 Å². The molecule has 3 heterocycles. The summed E-state index contributed by atoms with van der Waals surface area (Å²) in [5, 5.41) is 11.1. The van der Waals surface area contributed by atoms with E-state index in [0.717, 1.165) is 17.2 Å². The lowest BCUT2D eigenvalue weighted by Crippen LogP contribution is -2.18. The Labute approximate surface area is 151 Å². The number of hydrogen-bond donors (Lipinski definition) is 2. The highest BCUT2D eigenvalue weighted by atomic mass is 16.2. The van der Waals surface area contributed by atoms with Crippen LogP contribution in [0.3, 0.4) is 0 Å². The van der Waals surface area contributed by atoms with Crippen molar-refractivity contribution in [1.29, 1.82) is 0 Å². The molecule has 0 aliphatic rings. The van der Waals surface area contributed by atoms with Gasteiger partial charge in [-0.25, -0.2) is 0 Å². The normalized spacial score (nSPS) is 11.5. The lowest BCUT2D eigenvalue weighted by molar-refractivity contribution is 0.102. The third-order valence-corrected chi connectivity index (χ3v) is 3.99. The van der Waals surface area contributed by atoms with Crippen molar-refractivity contribution < 1.29 is 4.79 Å². The maximum Gasteiger partial charge on any atom is 0.255 e. The van der Waals surface area contributed by atoms with E-state index in [-0.39, 0.29) is 17.4 Å². The van der Waals surface area contributed by atoms with Crippen LogP contribution < -0.4 is 10.9 Å². The molecule has 3 aromatic heterocycles. The van der Waals surface area contributed by atoms with E-state index in [4.69, 9.17) is 0 Å². The molecule has 7 heteroatoms. The number of H-pyrrole nitrogens is 1. The van der Waals surface area contributed by atoms with Crippen LogP contribution in [0.15, 0.2) is 35.3 Å². The summed E-state index contributed by atoms with van der Waals surface area (Å²) < 4.78 is 1.86. The van der Waals surface area contributed by atoms with Gasteiger partial charge in [-0.05, 0) is 30.5 Å². The fraction of sp³-hybridized carbons (Fsp3) is 0.368. The predicted octanol–water partition coefficient (Wildman–Crippen LogP) is 2.99. The Morgan fingerprint density at radius 1 is 1.19 bits per heavy atom. The molecule has 3 rings (SSSR count). The molecular formula is C19H23N5O2. The molecular weight excluding hydrogens is 330 g/mol. The number of amides is 1. The molecule has 0 spiro atoms. The van der Waals surface area contributed by atoms with Gasteiger partial charge in [0.1, 0.15) is 5.82 Å². The zero-order valence-corrected chi connectivity index (χ0v) is 15.4. The number of aromatic amines is 1. The van der Waals surface area contributed by atoms with Crippen LogP contribution in [0.25, 0.3) is 5.65 Å². The van der Waals surface area contributed by atoms with E-state index >= 15 is 0 Å². The highest BCUT2D eigenvalue weighted by molar-refractivity contribution is 6.04. The van der Waals surface area contributed by atoms with Gasteiger partial charge in [0.05, 0.1) is 5.69 Å². The molecule has 0 unspecified atom stereocenters. The summed E-state index contributed by atoms with van der Waals surface area (Å²) in [6.07, 6.45) is 2.51. The number of rotatable bonds is 5. The van der Waals surface area contributed by atoms with Gasteiger partial charge in [0.15, 0.2) is 5.65 Å². The number of carbonyl (C=O) groups excluding carboxylic acids is 1. The maximum atomic E-state index is 12.6. The molecule has 0 saturated heterocycles. The molecule has 26 heavy (non-hydrogen) atoms. The van der Waals surface area contributed by atoms with Gasteiger partial charge in [0.2, 0.25) is 5.56 Å². The summed E-state index contributed by atoms with van der Waals surface area (Å²) in [6.45, 7) is 8.19. The molecule has 136 valence electrons. The third kappa shape index (κ3) is 3.82. The number of carbonyl (C=O) groups is 1. The van der Waals surface area contributed by atoms with Crippen LogP contribution >= 0.6 is 0 Å². The van der Waals surface area contributed by atoms with E-state index in [2.05, 4.69) is 34.3 Å². The molecule has 2 N–H and O–H groups in total. The van der Waals surface area contributed by atoms with Crippen molar-refractivity contribution in [3.8, 4) is 0 Å². The van der Waals surface area contributed by atoms with Gasteiger partial charge >= 0.3 is 0 Å². The fourth-order valence-electron chi connectivity index (χ4n) is 2.86. The minimum atomic E-state index is -0.320. The number of nitrogens with zero attached hydrogens (tertiary/aromatic N) is 3. The first-order chi connectivity index (χ1) is 12.3. The van der Waals surface area contributed by atoms with Crippen molar-refractivity contribution in [2.24, 2.45) is 5.92 Å². The molecule has 0 fully saturated rings. The van der Waals surface area contributed by atoms with Crippen LogP contribution in [-0.2, 0) is 6.42 Å². The maximum absolute atomic E-state index is 12.6. The van der Waals surface area contributed by atoms with Gasteiger partial charge < -0.3 is 10.3 Å². The van der Waals surface area contributed by atoms with Crippen molar-refractivity contribution in [3.05, 3.63) is 57.9 Å². The zero-order valence-electron chi connectivity index (χ0n) is 15.4. The van der Waals surface area contributed by atoms with Crippen molar-refractivity contribution in [2.75, 3.05) is 5.32 Å². The van der Waals surface area contributed by atoms with Crippen molar-refractivity contribution >= 4 is 17.2 Å². The SMILES string of the molecule is CC(C)Cc1cc(C(=O)Nc2ccc3nnc(C(C)C)n3c2)cc(=O)[nH]1. The van der Waals surface area contributed by atoms with Crippen molar-refractivity contribution in [1.82, 2.24) is 19.6 Å². The summed E-state index contributed by atoms with van der Waals surface area (Å²) in [7, 11) is 0. The molecule has 0 radical (unpaired) electrons. The smallest absolute Gasteiger partial charge is 0.255 e. The Kier molecular flexibility index (Phi) is 4.88. The first kappa shape index (κ1) is 17.8. The van der Waals surface area contributed by atoms with E-state index in [1.807, 2.05) is 18.2 Å². The number of aromatic nitrogens is 4. The minimum Gasteiger partial charge on any atom is -0.326 e. The molecule has 0 saturated carbocycles. The van der Waals surface area contributed by atoms with E-state index in [1.54, 1.807) is 24.4 Å². The Hall–Kier alpha value is -2.96.